The Balaban J connectivity index is 2.33. The number of aryl methyl sites for hydroxylation is 1. The number of aromatic nitrogens is 1. The van der Waals surface area contributed by atoms with Gasteiger partial charge < -0.3 is 10.1 Å². The molecule has 2 N–H and O–H groups in total. The quantitative estimate of drug-likeness (QED) is 0.622. The van der Waals surface area contributed by atoms with Crippen molar-refractivity contribution in [1.29, 1.82) is 0 Å². The van der Waals surface area contributed by atoms with E-state index in [-0.39, 0.29) is 16.6 Å². The first-order valence-corrected chi connectivity index (χ1v) is 9.43. The van der Waals surface area contributed by atoms with Crippen molar-refractivity contribution in [3.05, 3.63) is 51.3 Å². The van der Waals surface area contributed by atoms with Gasteiger partial charge in [0.05, 0.1) is 4.60 Å². The molecule has 0 atom stereocenters. The topological polar surface area (TPSA) is 53.1 Å². The molecule has 1 aromatic carbocycles. The zero-order chi connectivity index (χ0) is 19.0. The minimum Gasteiger partial charge on any atom is -0.507 e. The number of H-pyrrole nitrogens is 1. The molecule has 0 fully saturated rings. The van der Waals surface area contributed by atoms with Crippen molar-refractivity contribution < 1.29 is 9.90 Å². The van der Waals surface area contributed by atoms with Gasteiger partial charge in [-0.25, -0.2) is 0 Å². The third kappa shape index (κ3) is 4.75. The molecule has 0 radical (unpaired) electrons. The molecule has 0 unspecified atom stereocenters. The van der Waals surface area contributed by atoms with Crippen LogP contribution >= 0.6 is 15.9 Å². The van der Waals surface area contributed by atoms with Crippen LogP contribution in [0, 0.1) is 0 Å². The number of phenols is 1. The number of hydrogen-bond donors (Lipinski definition) is 2. The average molecular weight is 406 g/mol. The highest BCUT2D eigenvalue weighted by Crippen LogP contribution is 2.40. The van der Waals surface area contributed by atoms with Crippen LogP contribution in [-0.2, 0) is 17.3 Å². The van der Waals surface area contributed by atoms with E-state index in [0.717, 1.165) is 21.3 Å². The number of aromatic amines is 1. The highest BCUT2D eigenvalue weighted by Gasteiger charge is 2.26. The molecule has 0 saturated carbocycles. The van der Waals surface area contributed by atoms with E-state index in [0.29, 0.717) is 24.2 Å². The molecule has 0 aliphatic rings. The minimum absolute atomic E-state index is 0.115. The van der Waals surface area contributed by atoms with Crippen LogP contribution in [0.25, 0.3) is 0 Å². The second-order valence-corrected chi connectivity index (χ2v) is 9.55. The predicted octanol–water partition coefficient (Wildman–Crippen LogP) is 5.89. The van der Waals surface area contributed by atoms with Gasteiger partial charge in [-0.05, 0) is 55.9 Å². The standard InChI is InChI=1S/C21H28BrNO2/c1-20(2,3)15-9-13(10-16(19(15)25)21(4,5)6)7-8-17(24)14-11-18(22)23-12-14/h9-12,23,25H,7-8H2,1-6H3. The Hall–Kier alpha value is -1.55. The lowest BCUT2D eigenvalue weighted by atomic mass is 9.78. The molecule has 1 aromatic heterocycles. The lowest BCUT2D eigenvalue weighted by molar-refractivity contribution is 0.0983. The Morgan fingerprint density at radius 3 is 1.96 bits per heavy atom. The first kappa shape index (κ1) is 19.8. The van der Waals surface area contributed by atoms with Crippen molar-refractivity contribution in [3.8, 4) is 5.75 Å². The van der Waals surface area contributed by atoms with Crippen LogP contribution in [0.5, 0.6) is 5.75 Å². The smallest absolute Gasteiger partial charge is 0.164 e. The fourth-order valence-corrected chi connectivity index (χ4v) is 3.27. The van der Waals surface area contributed by atoms with Crippen LogP contribution in [0.1, 0.15) is 75.0 Å². The van der Waals surface area contributed by atoms with E-state index in [1.165, 1.54) is 0 Å². The van der Waals surface area contributed by atoms with Gasteiger partial charge in [0.2, 0.25) is 0 Å². The van der Waals surface area contributed by atoms with Crippen molar-refractivity contribution in [2.75, 3.05) is 0 Å². The molecule has 0 bridgehead atoms. The van der Waals surface area contributed by atoms with Crippen LogP contribution in [0.15, 0.2) is 29.0 Å². The number of carbonyl (C=O) groups excluding carboxylic acids is 1. The maximum atomic E-state index is 12.4. The van der Waals surface area contributed by atoms with Crippen molar-refractivity contribution in [3.63, 3.8) is 0 Å². The Morgan fingerprint density at radius 1 is 1.04 bits per heavy atom. The van der Waals surface area contributed by atoms with E-state index in [9.17, 15) is 9.90 Å². The van der Waals surface area contributed by atoms with Crippen molar-refractivity contribution in [2.45, 2.75) is 65.2 Å². The second kappa shape index (κ2) is 6.99. The summed E-state index contributed by atoms with van der Waals surface area (Å²) < 4.78 is 0.811. The number of phenolic OH excluding ortho intramolecular Hbond substituents is 1. The molecule has 136 valence electrons. The first-order valence-electron chi connectivity index (χ1n) is 8.63. The zero-order valence-electron chi connectivity index (χ0n) is 16.0. The fourth-order valence-electron chi connectivity index (χ4n) is 2.91. The molecular formula is C21H28BrNO2. The maximum Gasteiger partial charge on any atom is 0.164 e. The highest BCUT2D eigenvalue weighted by molar-refractivity contribution is 9.10. The van der Waals surface area contributed by atoms with E-state index in [1.807, 2.05) is 12.1 Å². The third-order valence-electron chi connectivity index (χ3n) is 4.40. The van der Waals surface area contributed by atoms with Gasteiger partial charge in [0.1, 0.15) is 5.75 Å². The number of halogens is 1. The van der Waals surface area contributed by atoms with Crippen LogP contribution in [0.3, 0.4) is 0 Å². The maximum absolute atomic E-state index is 12.4. The van der Waals surface area contributed by atoms with Gasteiger partial charge in [-0.2, -0.15) is 0 Å². The minimum atomic E-state index is -0.157. The molecule has 0 spiro atoms. The molecule has 1 heterocycles. The Morgan fingerprint density at radius 2 is 1.56 bits per heavy atom. The summed E-state index contributed by atoms with van der Waals surface area (Å²) in [6, 6.07) is 5.90. The lowest BCUT2D eigenvalue weighted by Crippen LogP contribution is -2.18. The summed E-state index contributed by atoms with van der Waals surface area (Å²) in [7, 11) is 0. The van der Waals surface area contributed by atoms with Gasteiger partial charge in [-0.15, -0.1) is 0 Å². The summed E-state index contributed by atoms with van der Waals surface area (Å²) >= 11 is 3.33. The molecule has 3 nitrogen and oxygen atoms in total. The van der Waals surface area contributed by atoms with Crippen LogP contribution < -0.4 is 0 Å². The molecule has 2 rings (SSSR count). The van der Waals surface area contributed by atoms with Crippen LogP contribution in [0.4, 0.5) is 0 Å². The molecule has 0 amide bonds. The average Bonchev–Trinajstić information content (AvgIpc) is 2.90. The van der Waals surface area contributed by atoms with Crippen molar-refractivity contribution in [1.82, 2.24) is 4.98 Å². The number of nitrogens with one attached hydrogen (secondary N) is 1. The SMILES string of the molecule is CC(C)(C)c1cc(CCC(=O)c2c[nH]c(Br)c2)cc(C(C)(C)C)c1O. The summed E-state index contributed by atoms with van der Waals surface area (Å²) in [6.07, 6.45) is 2.83. The fraction of sp³-hybridized carbons (Fsp3) is 0.476. The number of carbonyl (C=O) groups is 1. The molecule has 2 aromatic rings. The summed E-state index contributed by atoms with van der Waals surface area (Å²) in [4.78, 5) is 15.3. The zero-order valence-corrected chi connectivity index (χ0v) is 17.5. The van der Waals surface area contributed by atoms with E-state index in [2.05, 4.69) is 62.5 Å². The van der Waals surface area contributed by atoms with Crippen molar-refractivity contribution in [2.24, 2.45) is 0 Å². The van der Waals surface area contributed by atoms with Crippen molar-refractivity contribution >= 4 is 21.7 Å². The summed E-state index contributed by atoms with van der Waals surface area (Å²) in [5.74, 6) is 0.495. The van der Waals surface area contributed by atoms with Gasteiger partial charge in [0.25, 0.3) is 0 Å². The van der Waals surface area contributed by atoms with E-state index in [4.69, 9.17) is 0 Å². The summed E-state index contributed by atoms with van der Waals surface area (Å²) in [5, 5.41) is 10.8. The normalized spacial score (nSPS) is 12.4. The predicted molar refractivity (Wildman–Crippen MR) is 107 cm³/mol. The molecule has 25 heavy (non-hydrogen) atoms. The van der Waals surface area contributed by atoms with Crippen LogP contribution in [-0.4, -0.2) is 15.9 Å². The number of hydrogen-bond acceptors (Lipinski definition) is 2. The summed E-state index contributed by atoms with van der Waals surface area (Å²) in [5.41, 5.74) is 3.34. The number of benzene rings is 1. The lowest BCUT2D eigenvalue weighted by Gasteiger charge is -2.28. The van der Waals surface area contributed by atoms with Gasteiger partial charge in [0.15, 0.2) is 5.78 Å². The third-order valence-corrected chi connectivity index (χ3v) is 4.85. The van der Waals surface area contributed by atoms with E-state index in [1.54, 1.807) is 12.3 Å². The Labute approximate surface area is 159 Å². The second-order valence-electron chi connectivity index (χ2n) is 8.70. The molecule has 0 aliphatic carbocycles. The molecule has 0 saturated heterocycles. The summed E-state index contributed by atoms with van der Waals surface area (Å²) in [6.45, 7) is 12.6. The van der Waals surface area contributed by atoms with E-state index >= 15 is 0 Å². The van der Waals surface area contributed by atoms with Gasteiger partial charge in [-0.3, -0.25) is 4.79 Å². The molecular weight excluding hydrogens is 378 g/mol. The molecule has 4 heteroatoms. The number of Topliss-reactive ketones (excluding diaryl/α,β-unsaturated/α-hetero) is 1. The molecule has 0 aliphatic heterocycles. The highest BCUT2D eigenvalue weighted by atomic mass is 79.9. The number of ketones is 1. The Kier molecular flexibility index (Phi) is 5.53. The van der Waals surface area contributed by atoms with E-state index < -0.39 is 0 Å². The number of aromatic hydroxyl groups is 1. The first-order chi connectivity index (χ1) is 11.4. The number of rotatable bonds is 4. The Bertz CT molecular complexity index is 741. The van der Waals surface area contributed by atoms with Gasteiger partial charge >= 0.3 is 0 Å². The van der Waals surface area contributed by atoms with Gasteiger partial charge in [-0.1, -0.05) is 53.7 Å². The monoisotopic (exact) mass is 405 g/mol. The van der Waals surface area contributed by atoms with Crippen LogP contribution in [0.2, 0.25) is 0 Å². The van der Waals surface area contributed by atoms with Gasteiger partial charge in [0, 0.05) is 18.2 Å². The largest absolute Gasteiger partial charge is 0.507 e.